The molecule has 2 aromatic rings. The number of nitrogens with one attached hydrogen (secondary N) is 1. The minimum absolute atomic E-state index is 0.0126. The summed E-state index contributed by atoms with van der Waals surface area (Å²) in [4.78, 5) is 4.38. The Hall–Kier alpha value is -1.95. The molecule has 0 spiro atoms. The molecule has 0 saturated heterocycles. The van der Waals surface area contributed by atoms with Crippen LogP contribution >= 0.6 is 15.9 Å². The summed E-state index contributed by atoms with van der Waals surface area (Å²) in [5.41, 5.74) is 7.22. The van der Waals surface area contributed by atoms with Crippen molar-refractivity contribution in [2.45, 2.75) is 20.0 Å². The number of hydrogen-bond acceptors (Lipinski definition) is 5. The maximum Gasteiger partial charge on any atom is 0.239 e. The van der Waals surface area contributed by atoms with E-state index in [1.165, 1.54) is 0 Å². The minimum Gasteiger partial charge on any atom is -0.497 e. The van der Waals surface area contributed by atoms with Gasteiger partial charge in [-0.2, -0.15) is 4.98 Å². The molecule has 0 bridgehead atoms. The third-order valence-electron chi connectivity index (χ3n) is 2.67. The molecule has 0 aliphatic rings. The van der Waals surface area contributed by atoms with Crippen molar-refractivity contribution in [1.29, 1.82) is 0 Å². The average Bonchev–Trinajstić information content (AvgIpc) is 2.44. The van der Waals surface area contributed by atoms with Crippen molar-refractivity contribution < 1.29 is 9.47 Å². The second kappa shape index (κ2) is 6.67. The highest BCUT2D eigenvalue weighted by Crippen LogP contribution is 2.30. The summed E-state index contributed by atoms with van der Waals surface area (Å²) in [6, 6.07) is 9.23. The number of ether oxygens (including phenoxy) is 2. The predicted octanol–water partition coefficient (Wildman–Crippen LogP) is 3.97. The first-order chi connectivity index (χ1) is 9.99. The number of nitrogens with zero attached hydrogens (tertiary/aromatic N) is 1. The molecule has 0 saturated carbocycles. The van der Waals surface area contributed by atoms with E-state index >= 15 is 0 Å². The first-order valence-corrected chi connectivity index (χ1v) is 7.32. The van der Waals surface area contributed by atoms with Gasteiger partial charge in [-0.15, -0.1) is 0 Å². The Morgan fingerprint density at radius 2 is 2.00 bits per heavy atom. The quantitative estimate of drug-likeness (QED) is 0.852. The van der Waals surface area contributed by atoms with Crippen molar-refractivity contribution in [2.75, 3.05) is 18.2 Å². The van der Waals surface area contributed by atoms with E-state index in [4.69, 9.17) is 15.2 Å². The van der Waals surface area contributed by atoms with Crippen molar-refractivity contribution in [3.8, 4) is 11.6 Å². The van der Waals surface area contributed by atoms with Crippen molar-refractivity contribution in [3.05, 3.63) is 34.8 Å². The highest BCUT2D eigenvalue weighted by molar-refractivity contribution is 9.10. The van der Waals surface area contributed by atoms with Gasteiger partial charge in [0.15, 0.2) is 0 Å². The largest absolute Gasteiger partial charge is 0.497 e. The number of pyridine rings is 1. The predicted molar refractivity (Wildman–Crippen MR) is 88.4 cm³/mol. The zero-order valence-corrected chi connectivity index (χ0v) is 13.8. The molecule has 21 heavy (non-hydrogen) atoms. The molecule has 112 valence electrons. The van der Waals surface area contributed by atoms with Crippen molar-refractivity contribution >= 4 is 33.1 Å². The Kier molecular flexibility index (Phi) is 4.90. The molecule has 2 rings (SSSR count). The van der Waals surface area contributed by atoms with E-state index in [0.717, 1.165) is 15.9 Å². The number of anilines is 3. The fraction of sp³-hybridized carbons (Fsp3) is 0.267. The number of nitrogens with two attached hydrogens (primary N) is 1. The molecule has 0 aliphatic carbocycles. The number of rotatable bonds is 5. The first kappa shape index (κ1) is 15.4. The van der Waals surface area contributed by atoms with E-state index in [1.54, 1.807) is 19.2 Å². The Morgan fingerprint density at radius 1 is 1.24 bits per heavy atom. The third-order valence-corrected chi connectivity index (χ3v) is 3.36. The van der Waals surface area contributed by atoms with Crippen LogP contribution in [0.25, 0.3) is 0 Å². The lowest BCUT2D eigenvalue weighted by Crippen LogP contribution is -2.09. The monoisotopic (exact) mass is 351 g/mol. The lowest BCUT2D eigenvalue weighted by molar-refractivity contribution is 0.234. The van der Waals surface area contributed by atoms with Crippen LogP contribution < -0.4 is 20.5 Å². The lowest BCUT2D eigenvalue weighted by atomic mass is 10.3. The standard InChI is InChI=1S/C15H18BrN3O2/c1-9(2)21-15-12(17)6-7-14(19-15)18-13-8-10(20-3)4-5-11(13)16/h4-9H,17H2,1-3H3,(H,18,19). The van der Waals surface area contributed by atoms with Crippen LogP contribution in [0.2, 0.25) is 0 Å². The van der Waals surface area contributed by atoms with Gasteiger partial charge in [0.05, 0.1) is 24.6 Å². The number of nitrogen functional groups attached to an aromatic ring is 1. The molecule has 1 aromatic heterocycles. The molecule has 1 heterocycles. The Bertz CT molecular complexity index is 632. The summed E-state index contributed by atoms with van der Waals surface area (Å²) >= 11 is 3.49. The van der Waals surface area contributed by atoms with Gasteiger partial charge in [-0.05, 0) is 54.0 Å². The van der Waals surface area contributed by atoms with Gasteiger partial charge >= 0.3 is 0 Å². The van der Waals surface area contributed by atoms with Crippen molar-refractivity contribution in [2.24, 2.45) is 0 Å². The average molecular weight is 352 g/mol. The fourth-order valence-corrected chi connectivity index (χ4v) is 2.05. The molecular formula is C15H18BrN3O2. The Balaban J connectivity index is 2.27. The summed E-state index contributed by atoms with van der Waals surface area (Å²) in [7, 11) is 1.63. The molecule has 6 heteroatoms. The number of aromatic nitrogens is 1. The summed E-state index contributed by atoms with van der Waals surface area (Å²) in [5.74, 6) is 1.83. The summed E-state index contributed by atoms with van der Waals surface area (Å²) in [5, 5.41) is 3.21. The topological polar surface area (TPSA) is 69.4 Å². The van der Waals surface area contributed by atoms with Crippen LogP contribution in [0, 0.1) is 0 Å². The summed E-state index contributed by atoms with van der Waals surface area (Å²) in [6.45, 7) is 3.86. The molecule has 0 atom stereocenters. The van der Waals surface area contributed by atoms with E-state index < -0.39 is 0 Å². The highest BCUT2D eigenvalue weighted by Gasteiger charge is 2.08. The van der Waals surface area contributed by atoms with Gasteiger partial charge in [0.2, 0.25) is 5.88 Å². The molecule has 0 fully saturated rings. The van der Waals surface area contributed by atoms with E-state index in [-0.39, 0.29) is 6.10 Å². The summed E-state index contributed by atoms with van der Waals surface area (Å²) in [6.07, 6.45) is 0.0126. The van der Waals surface area contributed by atoms with Crippen LogP contribution in [-0.2, 0) is 0 Å². The molecule has 0 amide bonds. The van der Waals surface area contributed by atoms with Crippen LogP contribution in [0.1, 0.15) is 13.8 Å². The third kappa shape index (κ3) is 4.01. The van der Waals surface area contributed by atoms with Crippen LogP contribution in [-0.4, -0.2) is 18.2 Å². The van der Waals surface area contributed by atoms with Gasteiger partial charge in [0.1, 0.15) is 11.6 Å². The molecular weight excluding hydrogens is 334 g/mol. The van der Waals surface area contributed by atoms with Gasteiger partial charge in [-0.25, -0.2) is 0 Å². The highest BCUT2D eigenvalue weighted by atomic mass is 79.9. The Morgan fingerprint density at radius 3 is 2.67 bits per heavy atom. The van der Waals surface area contributed by atoms with Crippen molar-refractivity contribution in [3.63, 3.8) is 0 Å². The first-order valence-electron chi connectivity index (χ1n) is 6.53. The van der Waals surface area contributed by atoms with Gasteiger partial charge in [0.25, 0.3) is 0 Å². The lowest BCUT2D eigenvalue weighted by Gasteiger charge is -2.14. The minimum atomic E-state index is 0.0126. The number of hydrogen-bond donors (Lipinski definition) is 2. The SMILES string of the molecule is COc1ccc(Br)c(Nc2ccc(N)c(OC(C)C)n2)c1. The second-order valence-electron chi connectivity index (χ2n) is 4.73. The molecule has 3 N–H and O–H groups in total. The van der Waals surface area contributed by atoms with Gasteiger partial charge in [-0.3, -0.25) is 0 Å². The number of benzene rings is 1. The van der Waals surface area contributed by atoms with E-state index in [2.05, 4.69) is 26.2 Å². The molecule has 0 radical (unpaired) electrons. The van der Waals surface area contributed by atoms with Gasteiger partial charge in [0, 0.05) is 10.5 Å². The fourth-order valence-electron chi connectivity index (χ4n) is 1.70. The van der Waals surface area contributed by atoms with Crippen LogP contribution in [0.3, 0.4) is 0 Å². The van der Waals surface area contributed by atoms with Gasteiger partial charge in [-0.1, -0.05) is 0 Å². The van der Waals surface area contributed by atoms with Crippen LogP contribution in [0.4, 0.5) is 17.2 Å². The number of halogens is 1. The molecule has 1 aromatic carbocycles. The zero-order chi connectivity index (χ0) is 15.4. The second-order valence-corrected chi connectivity index (χ2v) is 5.58. The smallest absolute Gasteiger partial charge is 0.239 e. The molecule has 5 nitrogen and oxygen atoms in total. The van der Waals surface area contributed by atoms with E-state index in [9.17, 15) is 0 Å². The zero-order valence-electron chi connectivity index (χ0n) is 12.2. The molecule has 0 unspecified atom stereocenters. The Labute approximate surface area is 132 Å². The van der Waals surface area contributed by atoms with E-state index in [0.29, 0.717) is 17.4 Å². The number of methoxy groups -OCH3 is 1. The normalized spacial score (nSPS) is 10.5. The maximum absolute atomic E-state index is 5.86. The van der Waals surface area contributed by atoms with Crippen molar-refractivity contribution in [1.82, 2.24) is 4.98 Å². The molecule has 0 aliphatic heterocycles. The van der Waals surface area contributed by atoms with Crippen LogP contribution in [0.15, 0.2) is 34.8 Å². The van der Waals surface area contributed by atoms with Gasteiger partial charge < -0.3 is 20.5 Å². The van der Waals surface area contributed by atoms with Crippen LogP contribution in [0.5, 0.6) is 11.6 Å². The summed E-state index contributed by atoms with van der Waals surface area (Å²) < 4.78 is 11.7. The maximum atomic E-state index is 5.86. The van der Waals surface area contributed by atoms with E-state index in [1.807, 2.05) is 32.0 Å².